The van der Waals surface area contributed by atoms with E-state index in [9.17, 15) is 4.79 Å². The fourth-order valence-electron chi connectivity index (χ4n) is 3.87. The summed E-state index contributed by atoms with van der Waals surface area (Å²) in [7, 11) is 0. The quantitative estimate of drug-likeness (QED) is 0.468. The molecule has 5 rings (SSSR count). The van der Waals surface area contributed by atoms with Crippen LogP contribution in [-0.2, 0) is 4.79 Å². The van der Waals surface area contributed by atoms with E-state index in [0.29, 0.717) is 43.1 Å². The molecule has 33 heavy (non-hydrogen) atoms. The van der Waals surface area contributed by atoms with Crippen LogP contribution in [-0.4, -0.2) is 68.6 Å². The van der Waals surface area contributed by atoms with Crippen molar-refractivity contribution in [3.8, 4) is 11.4 Å². The van der Waals surface area contributed by atoms with Crippen LogP contribution < -0.4 is 9.64 Å². The van der Waals surface area contributed by atoms with Crippen LogP contribution in [0.5, 0.6) is 5.75 Å². The lowest BCUT2D eigenvalue weighted by Crippen LogP contribution is -2.50. The Balaban J connectivity index is 1.25. The summed E-state index contributed by atoms with van der Waals surface area (Å²) in [6, 6.07) is 15.7. The van der Waals surface area contributed by atoms with E-state index < -0.39 is 0 Å². The minimum atomic E-state index is -0.0200. The van der Waals surface area contributed by atoms with Gasteiger partial charge in [-0.15, -0.1) is 5.10 Å². The molecule has 2 aromatic heterocycles. The molecule has 0 saturated carbocycles. The third-order valence-electron chi connectivity index (χ3n) is 5.81. The van der Waals surface area contributed by atoms with E-state index in [1.165, 1.54) is 5.56 Å². The molecule has 0 aliphatic carbocycles. The van der Waals surface area contributed by atoms with Crippen molar-refractivity contribution in [3.05, 3.63) is 66.0 Å². The summed E-state index contributed by atoms with van der Waals surface area (Å²) in [5.41, 5.74) is 4.55. The Labute approximate surface area is 191 Å². The molecule has 0 spiro atoms. The van der Waals surface area contributed by atoms with E-state index >= 15 is 0 Å². The molecule has 168 valence electrons. The van der Waals surface area contributed by atoms with Gasteiger partial charge in [-0.1, -0.05) is 40.6 Å². The second-order valence-electron chi connectivity index (χ2n) is 8.18. The summed E-state index contributed by atoms with van der Waals surface area (Å²) >= 11 is 0. The Morgan fingerprint density at radius 2 is 1.58 bits per heavy atom. The molecule has 1 fully saturated rings. The lowest BCUT2D eigenvalue weighted by atomic mass is 10.2. The van der Waals surface area contributed by atoms with Crippen molar-refractivity contribution in [1.29, 1.82) is 0 Å². The summed E-state index contributed by atoms with van der Waals surface area (Å²) in [6.45, 7) is 6.58. The minimum Gasteiger partial charge on any atom is -0.484 e. The number of carbonyl (C=O) groups is 1. The van der Waals surface area contributed by atoms with Gasteiger partial charge in [0.05, 0.1) is 5.69 Å². The number of hydrogen-bond acceptors (Lipinski definition) is 7. The monoisotopic (exact) mass is 443 g/mol. The summed E-state index contributed by atoms with van der Waals surface area (Å²) in [4.78, 5) is 25.5. The van der Waals surface area contributed by atoms with Crippen molar-refractivity contribution < 1.29 is 9.53 Å². The highest BCUT2D eigenvalue weighted by Gasteiger charge is 2.25. The van der Waals surface area contributed by atoms with Crippen LogP contribution in [0.3, 0.4) is 0 Å². The number of aryl methyl sites for hydroxylation is 2. The third kappa shape index (κ3) is 4.34. The number of hydrogen-bond donors (Lipinski definition) is 0. The molecule has 0 bridgehead atoms. The van der Waals surface area contributed by atoms with Crippen molar-refractivity contribution in [3.63, 3.8) is 0 Å². The number of amides is 1. The van der Waals surface area contributed by atoms with Crippen molar-refractivity contribution in [2.45, 2.75) is 13.8 Å². The van der Waals surface area contributed by atoms with Crippen LogP contribution >= 0.6 is 0 Å². The largest absolute Gasteiger partial charge is 0.484 e. The van der Waals surface area contributed by atoms with Crippen LogP contribution in [0.4, 0.5) is 5.82 Å². The summed E-state index contributed by atoms with van der Waals surface area (Å²) in [5.74, 6) is 1.42. The zero-order chi connectivity index (χ0) is 22.8. The number of ether oxygens (including phenoxy) is 1. The summed E-state index contributed by atoms with van der Waals surface area (Å²) < 4.78 is 7.38. The smallest absolute Gasteiger partial charge is 0.260 e. The van der Waals surface area contributed by atoms with Gasteiger partial charge in [0, 0.05) is 26.2 Å². The number of carbonyl (C=O) groups excluding carboxylic acids is 1. The van der Waals surface area contributed by atoms with Gasteiger partial charge in [-0.2, -0.15) is 4.68 Å². The number of benzene rings is 2. The average Bonchev–Trinajstić information content (AvgIpc) is 3.28. The maximum absolute atomic E-state index is 12.6. The molecule has 3 heterocycles. The Hall–Kier alpha value is -4.01. The Morgan fingerprint density at radius 1 is 0.909 bits per heavy atom. The van der Waals surface area contributed by atoms with Crippen LogP contribution in [0.1, 0.15) is 11.1 Å². The first-order valence-corrected chi connectivity index (χ1v) is 10.9. The third-order valence-corrected chi connectivity index (χ3v) is 5.81. The van der Waals surface area contributed by atoms with Gasteiger partial charge < -0.3 is 14.5 Å². The highest BCUT2D eigenvalue weighted by atomic mass is 16.5. The fraction of sp³-hybridized carbons (Fsp3) is 0.292. The minimum absolute atomic E-state index is 0.0200. The maximum atomic E-state index is 12.6. The summed E-state index contributed by atoms with van der Waals surface area (Å²) in [5, 5.41) is 8.67. The molecule has 9 nitrogen and oxygen atoms in total. The van der Waals surface area contributed by atoms with E-state index in [-0.39, 0.29) is 12.5 Å². The second kappa shape index (κ2) is 8.85. The number of piperazine rings is 1. The van der Waals surface area contributed by atoms with E-state index in [4.69, 9.17) is 4.74 Å². The number of fused-ring (bicyclic) bond motifs is 1. The fourth-order valence-corrected chi connectivity index (χ4v) is 3.87. The molecule has 2 aromatic carbocycles. The van der Waals surface area contributed by atoms with E-state index in [2.05, 4.69) is 25.2 Å². The first-order chi connectivity index (χ1) is 16.1. The lowest BCUT2D eigenvalue weighted by molar-refractivity contribution is -0.133. The molecule has 1 aliphatic heterocycles. The van der Waals surface area contributed by atoms with Crippen LogP contribution in [0.2, 0.25) is 0 Å². The Bertz CT molecular complexity index is 1260. The Morgan fingerprint density at radius 3 is 2.27 bits per heavy atom. The maximum Gasteiger partial charge on any atom is 0.260 e. The van der Waals surface area contributed by atoms with Gasteiger partial charge in [0.25, 0.3) is 5.91 Å². The molecule has 9 heteroatoms. The normalized spacial score (nSPS) is 14.0. The van der Waals surface area contributed by atoms with Gasteiger partial charge in [-0.05, 0) is 38.1 Å². The molecule has 0 unspecified atom stereocenters. The molecule has 0 N–H and O–H groups in total. The first kappa shape index (κ1) is 20.9. The molecule has 1 saturated heterocycles. The first-order valence-electron chi connectivity index (χ1n) is 10.9. The predicted octanol–water partition coefficient (Wildman–Crippen LogP) is 2.55. The number of rotatable bonds is 5. The summed E-state index contributed by atoms with van der Waals surface area (Å²) in [6.07, 6.45) is 1.54. The highest BCUT2D eigenvalue weighted by molar-refractivity contribution is 5.84. The topological polar surface area (TPSA) is 89.3 Å². The van der Waals surface area contributed by atoms with Gasteiger partial charge in [0.1, 0.15) is 12.1 Å². The Kier molecular flexibility index (Phi) is 5.60. The SMILES string of the molecule is Cc1ccc(OCC(=O)N2CCN(c3ncnc4c3nnn4-c3ccc(C)cc3)CC2)cc1. The van der Waals surface area contributed by atoms with Gasteiger partial charge in [-0.3, -0.25) is 4.79 Å². The highest BCUT2D eigenvalue weighted by Crippen LogP contribution is 2.24. The molecule has 4 aromatic rings. The van der Waals surface area contributed by atoms with Crippen molar-refractivity contribution >= 4 is 22.9 Å². The van der Waals surface area contributed by atoms with Gasteiger partial charge in [0.2, 0.25) is 0 Å². The van der Waals surface area contributed by atoms with Crippen LogP contribution in [0.25, 0.3) is 16.9 Å². The molecule has 1 amide bonds. The van der Waals surface area contributed by atoms with Crippen molar-refractivity contribution in [2.75, 3.05) is 37.7 Å². The lowest BCUT2D eigenvalue weighted by Gasteiger charge is -2.35. The van der Waals surface area contributed by atoms with Gasteiger partial charge >= 0.3 is 0 Å². The standard InChI is InChI=1S/C24H25N7O2/c1-17-3-7-19(8-4-17)31-24-22(27-28-31)23(25-16-26-24)30-13-11-29(12-14-30)21(32)15-33-20-9-5-18(2)6-10-20/h3-10,16H,11-15H2,1-2H3. The van der Waals surface area contributed by atoms with E-state index in [1.807, 2.05) is 67.3 Å². The second-order valence-corrected chi connectivity index (χ2v) is 8.18. The molecule has 0 atom stereocenters. The molecular formula is C24H25N7O2. The van der Waals surface area contributed by atoms with E-state index in [0.717, 1.165) is 17.1 Å². The molecule has 0 radical (unpaired) electrons. The zero-order valence-corrected chi connectivity index (χ0v) is 18.7. The predicted molar refractivity (Wildman–Crippen MR) is 125 cm³/mol. The number of anilines is 1. The number of aromatic nitrogens is 5. The van der Waals surface area contributed by atoms with Gasteiger partial charge in [0.15, 0.2) is 23.6 Å². The average molecular weight is 444 g/mol. The molecular weight excluding hydrogens is 418 g/mol. The zero-order valence-electron chi connectivity index (χ0n) is 18.7. The number of nitrogens with zero attached hydrogens (tertiary/aromatic N) is 7. The van der Waals surface area contributed by atoms with Gasteiger partial charge in [-0.25, -0.2) is 9.97 Å². The van der Waals surface area contributed by atoms with Crippen molar-refractivity contribution in [2.24, 2.45) is 0 Å². The van der Waals surface area contributed by atoms with Crippen molar-refractivity contribution in [1.82, 2.24) is 29.9 Å². The molecule has 1 aliphatic rings. The van der Waals surface area contributed by atoms with Crippen LogP contribution in [0.15, 0.2) is 54.9 Å². The van der Waals surface area contributed by atoms with Crippen LogP contribution in [0, 0.1) is 13.8 Å². The van der Waals surface area contributed by atoms with E-state index in [1.54, 1.807) is 11.0 Å².